The summed E-state index contributed by atoms with van der Waals surface area (Å²) in [6.07, 6.45) is 4.19. The lowest BCUT2D eigenvalue weighted by Gasteiger charge is -2.33. The molecule has 0 aromatic heterocycles. The van der Waals surface area contributed by atoms with Crippen LogP contribution in [0, 0.1) is 12.7 Å². The topological polar surface area (TPSA) is 86.8 Å². The van der Waals surface area contributed by atoms with E-state index in [1.54, 1.807) is 48.5 Å². The second-order valence-electron chi connectivity index (χ2n) is 10.4. The maximum absolute atomic E-state index is 14.1. The summed E-state index contributed by atoms with van der Waals surface area (Å²) in [5, 5.41) is 3.08. The molecule has 0 aliphatic heterocycles. The van der Waals surface area contributed by atoms with Crippen LogP contribution in [0.15, 0.2) is 82.2 Å². The van der Waals surface area contributed by atoms with Gasteiger partial charge >= 0.3 is 0 Å². The monoisotopic (exact) mass is 643 g/mol. The van der Waals surface area contributed by atoms with E-state index in [0.717, 1.165) is 40.0 Å². The van der Waals surface area contributed by atoms with Gasteiger partial charge in [0.2, 0.25) is 11.8 Å². The van der Waals surface area contributed by atoms with Crippen LogP contribution in [0.1, 0.15) is 50.2 Å². The quantitative estimate of drug-likeness (QED) is 0.279. The zero-order valence-corrected chi connectivity index (χ0v) is 25.6. The summed E-state index contributed by atoms with van der Waals surface area (Å²) in [6, 6.07) is 18.0. The molecule has 218 valence electrons. The Kier molecular flexibility index (Phi) is 10.2. The van der Waals surface area contributed by atoms with E-state index in [1.807, 2.05) is 13.8 Å². The molecular weight excluding hydrogens is 609 g/mol. The van der Waals surface area contributed by atoms with Crippen molar-refractivity contribution in [2.75, 3.05) is 10.8 Å². The third-order valence-electron chi connectivity index (χ3n) is 7.36. The summed E-state index contributed by atoms with van der Waals surface area (Å²) in [6.45, 7) is 3.18. The highest BCUT2D eigenvalue weighted by Crippen LogP contribution is 2.27. The van der Waals surface area contributed by atoms with Gasteiger partial charge in [-0.2, -0.15) is 0 Å². The highest BCUT2D eigenvalue weighted by Gasteiger charge is 2.34. The molecule has 2 amide bonds. The van der Waals surface area contributed by atoms with Crippen LogP contribution < -0.4 is 9.62 Å². The molecule has 0 bridgehead atoms. The van der Waals surface area contributed by atoms with Gasteiger partial charge in [0.1, 0.15) is 18.4 Å². The molecule has 10 heteroatoms. The molecule has 3 aromatic carbocycles. The predicted molar refractivity (Wildman–Crippen MR) is 161 cm³/mol. The molecule has 0 radical (unpaired) electrons. The lowest BCUT2D eigenvalue weighted by Crippen LogP contribution is -2.53. The van der Waals surface area contributed by atoms with Gasteiger partial charge < -0.3 is 10.2 Å². The van der Waals surface area contributed by atoms with E-state index in [-0.39, 0.29) is 23.4 Å². The van der Waals surface area contributed by atoms with Crippen molar-refractivity contribution in [3.63, 3.8) is 0 Å². The van der Waals surface area contributed by atoms with Crippen molar-refractivity contribution in [2.24, 2.45) is 0 Å². The van der Waals surface area contributed by atoms with Gasteiger partial charge in [-0.1, -0.05) is 65.5 Å². The number of sulfonamides is 1. The average Bonchev–Trinajstić information content (AvgIpc) is 3.46. The largest absolute Gasteiger partial charge is 0.352 e. The number of anilines is 1. The van der Waals surface area contributed by atoms with Gasteiger partial charge in [-0.15, -0.1) is 0 Å². The Morgan fingerprint density at radius 2 is 1.59 bits per heavy atom. The van der Waals surface area contributed by atoms with Crippen molar-refractivity contribution in [1.29, 1.82) is 0 Å². The molecule has 1 atom stereocenters. The van der Waals surface area contributed by atoms with Crippen LogP contribution >= 0.6 is 15.9 Å². The van der Waals surface area contributed by atoms with Gasteiger partial charge in [0, 0.05) is 17.1 Å². The molecule has 0 heterocycles. The highest BCUT2D eigenvalue weighted by atomic mass is 79.9. The fraction of sp³-hybridized carbons (Fsp3) is 0.355. The van der Waals surface area contributed by atoms with Gasteiger partial charge in [0.05, 0.1) is 10.6 Å². The Balaban J connectivity index is 1.70. The number of benzene rings is 3. The molecule has 1 unspecified atom stereocenters. The zero-order valence-electron chi connectivity index (χ0n) is 23.2. The normalized spacial score (nSPS) is 14.4. The lowest BCUT2D eigenvalue weighted by molar-refractivity contribution is -0.140. The smallest absolute Gasteiger partial charge is 0.264 e. The maximum atomic E-state index is 14.1. The molecule has 41 heavy (non-hydrogen) atoms. The van der Waals surface area contributed by atoms with Crippen LogP contribution in [-0.2, 0) is 26.2 Å². The Labute approximate surface area is 249 Å². The summed E-state index contributed by atoms with van der Waals surface area (Å²) in [4.78, 5) is 29.0. The summed E-state index contributed by atoms with van der Waals surface area (Å²) >= 11 is 3.38. The van der Waals surface area contributed by atoms with Crippen molar-refractivity contribution >= 4 is 43.5 Å². The fourth-order valence-corrected chi connectivity index (χ4v) is 6.73. The van der Waals surface area contributed by atoms with E-state index in [0.29, 0.717) is 17.7 Å². The number of carbonyl (C=O) groups is 2. The fourth-order valence-electron chi connectivity index (χ4n) is 5.05. The van der Waals surface area contributed by atoms with Crippen LogP contribution in [0.5, 0.6) is 0 Å². The SMILES string of the molecule is CCC(C(=O)NC1CCCC1)N(Cc1ccc(F)cc1)C(=O)CN(c1ccc(Br)cc1)S(=O)(=O)c1ccc(C)cc1. The van der Waals surface area contributed by atoms with Crippen LogP contribution in [-0.4, -0.2) is 43.8 Å². The van der Waals surface area contributed by atoms with E-state index in [9.17, 15) is 22.4 Å². The third kappa shape index (κ3) is 7.74. The second kappa shape index (κ2) is 13.6. The molecule has 1 aliphatic carbocycles. The molecule has 1 saturated carbocycles. The minimum atomic E-state index is -4.14. The van der Waals surface area contributed by atoms with Gasteiger partial charge in [-0.25, -0.2) is 12.8 Å². The Morgan fingerprint density at radius 1 is 0.976 bits per heavy atom. The summed E-state index contributed by atoms with van der Waals surface area (Å²) in [7, 11) is -4.14. The minimum absolute atomic E-state index is 0.0223. The number of nitrogens with zero attached hydrogens (tertiary/aromatic N) is 2. The number of amides is 2. The van der Waals surface area contributed by atoms with Crippen LogP contribution in [0.25, 0.3) is 0 Å². The van der Waals surface area contributed by atoms with Crippen LogP contribution in [0.4, 0.5) is 10.1 Å². The Bertz CT molecular complexity index is 1440. The number of nitrogens with one attached hydrogen (secondary N) is 1. The number of carbonyl (C=O) groups excluding carboxylic acids is 2. The predicted octanol–water partition coefficient (Wildman–Crippen LogP) is 5.96. The molecule has 3 aromatic rings. The first-order valence-electron chi connectivity index (χ1n) is 13.8. The summed E-state index contributed by atoms with van der Waals surface area (Å²) in [5.74, 6) is -1.23. The average molecular weight is 645 g/mol. The first-order chi connectivity index (χ1) is 19.6. The van der Waals surface area contributed by atoms with E-state index in [1.165, 1.54) is 29.2 Å². The van der Waals surface area contributed by atoms with Gasteiger partial charge in [-0.3, -0.25) is 13.9 Å². The van der Waals surface area contributed by atoms with Crippen LogP contribution in [0.2, 0.25) is 0 Å². The van der Waals surface area contributed by atoms with Crippen molar-refractivity contribution in [3.05, 3.63) is 94.2 Å². The molecule has 1 N–H and O–H groups in total. The van der Waals surface area contributed by atoms with Gasteiger partial charge in [-0.05, 0) is 80.3 Å². The minimum Gasteiger partial charge on any atom is -0.352 e. The molecule has 1 aliphatic rings. The molecule has 1 fully saturated rings. The first kappa shape index (κ1) is 30.7. The van der Waals surface area contributed by atoms with Gasteiger partial charge in [0.15, 0.2) is 0 Å². The van der Waals surface area contributed by atoms with E-state index < -0.39 is 34.3 Å². The zero-order chi connectivity index (χ0) is 29.6. The first-order valence-corrected chi connectivity index (χ1v) is 16.0. The number of hydrogen-bond acceptors (Lipinski definition) is 4. The van der Waals surface area contributed by atoms with Gasteiger partial charge in [0.25, 0.3) is 10.0 Å². The van der Waals surface area contributed by atoms with Crippen molar-refractivity contribution in [2.45, 2.75) is 69.5 Å². The Morgan fingerprint density at radius 3 is 2.17 bits per heavy atom. The summed E-state index contributed by atoms with van der Waals surface area (Å²) < 4.78 is 43.3. The number of hydrogen-bond donors (Lipinski definition) is 1. The third-order valence-corrected chi connectivity index (χ3v) is 9.67. The van der Waals surface area contributed by atoms with Crippen molar-refractivity contribution in [3.8, 4) is 0 Å². The van der Waals surface area contributed by atoms with Crippen molar-refractivity contribution in [1.82, 2.24) is 10.2 Å². The van der Waals surface area contributed by atoms with E-state index in [2.05, 4.69) is 21.2 Å². The molecule has 4 rings (SSSR count). The number of rotatable bonds is 11. The second-order valence-corrected chi connectivity index (χ2v) is 13.1. The molecule has 7 nitrogen and oxygen atoms in total. The highest BCUT2D eigenvalue weighted by molar-refractivity contribution is 9.10. The van der Waals surface area contributed by atoms with Crippen LogP contribution in [0.3, 0.4) is 0 Å². The molecule has 0 saturated heterocycles. The molecule has 0 spiro atoms. The number of aryl methyl sites for hydroxylation is 1. The Hall–Kier alpha value is -3.24. The number of halogens is 2. The maximum Gasteiger partial charge on any atom is 0.264 e. The van der Waals surface area contributed by atoms with E-state index >= 15 is 0 Å². The standard InChI is InChI=1S/C31H35BrFN3O4S/c1-3-29(31(38)34-26-6-4-5-7-26)35(20-23-10-14-25(33)15-11-23)30(37)21-36(27-16-12-24(32)13-17-27)41(39,40)28-18-8-22(2)9-19-28/h8-19,26,29H,3-7,20-21H2,1-2H3,(H,34,38). The molecular formula is C31H35BrFN3O4S. The van der Waals surface area contributed by atoms with Crippen molar-refractivity contribution < 1.29 is 22.4 Å². The summed E-state index contributed by atoms with van der Waals surface area (Å²) in [5.41, 5.74) is 1.84. The van der Waals surface area contributed by atoms with E-state index in [4.69, 9.17) is 0 Å². The lowest BCUT2D eigenvalue weighted by atomic mass is 10.1.